The Bertz CT molecular complexity index is 656. The van der Waals surface area contributed by atoms with Gasteiger partial charge in [-0.2, -0.15) is 13.2 Å². The van der Waals surface area contributed by atoms with Crippen LogP contribution in [-0.4, -0.2) is 13.3 Å². The molecule has 0 N–H and O–H groups in total. The Balaban J connectivity index is 1.64. The van der Waals surface area contributed by atoms with Gasteiger partial charge in [-0.1, -0.05) is 24.3 Å². The molecule has 0 saturated heterocycles. The molecule has 0 bridgehead atoms. The molecule has 2 aromatic carbocycles. The van der Waals surface area contributed by atoms with E-state index in [1.54, 1.807) is 19.2 Å². The van der Waals surface area contributed by atoms with Crippen molar-refractivity contribution in [2.24, 2.45) is 0 Å². The summed E-state index contributed by atoms with van der Waals surface area (Å²) in [6.45, 7) is 0.355. The zero-order valence-corrected chi connectivity index (χ0v) is 12.7. The number of benzene rings is 2. The lowest BCUT2D eigenvalue weighted by atomic mass is 9.95. The van der Waals surface area contributed by atoms with Crippen LogP contribution in [0.25, 0.3) is 0 Å². The largest absolute Gasteiger partial charge is 0.497 e. The van der Waals surface area contributed by atoms with Gasteiger partial charge in [-0.15, -0.1) is 0 Å². The van der Waals surface area contributed by atoms with E-state index >= 15 is 0 Å². The molecule has 0 atom stereocenters. The summed E-state index contributed by atoms with van der Waals surface area (Å²) in [6.07, 6.45) is -3.84. The van der Waals surface area contributed by atoms with E-state index in [4.69, 9.17) is 9.47 Å². The topological polar surface area (TPSA) is 18.5 Å². The summed E-state index contributed by atoms with van der Waals surface area (Å²) in [6, 6.07) is 13.7. The van der Waals surface area contributed by atoms with E-state index < -0.39 is 11.6 Å². The van der Waals surface area contributed by atoms with Gasteiger partial charge < -0.3 is 9.47 Å². The summed E-state index contributed by atoms with van der Waals surface area (Å²) in [5.74, 6) is 1.32. The minimum atomic E-state index is -4.18. The van der Waals surface area contributed by atoms with Gasteiger partial charge in [0.05, 0.1) is 12.5 Å². The van der Waals surface area contributed by atoms with E-state index in [1.165, 1.54) is 12.1 Å². The Kier molecular flexibility index (Phi) is 3.96. The van der Waals surface area contributed by atoms with Crippen LogP contribution in [0.5, 0.6) is 11.5 Å². The van der Waals surface area contributed by atoms with Gasteiger partial charge >= 0.3 is 6.18 Å². The minimum Gasteiger partial charge on any atom is -0.497 e. The van der Waals surface area contributed by atoms with E-state index in [9.17, 15) is 13.2 Å². The average molecular weight is 322 g/mol. The Morgan fingerprint density at radius 2 is 1.48 bits per heavy atom. The fraction of sp³-hybridized carbons (Fsp3) is 0.333. The highest BCUT2D eigenvalue weighted by Gasteiger charge is 2.64. The molecule has 0 amide bonds. The van der Waals surface area contributed by atoms with E-state index in [-0.39, 0.29) is 12.8 Å². The SMILES string of the molecule is COc1ccc(COc2ccc(C3(C(F)(F)F)CC3)cc2)cc1. The molecule has 122 valence electrons. The lowest BCUT2D eigenvalue weighted by Gasteiger charge is -2.19. The third-order valence-corrected chi connectivity index (χ3v) is 4.26. The zero-order valence-electron chi connectivity index (χ0n) is 12.7. The summed E-state index contributed by atoms with van der Waals surface area (Å²) in [5, 5.41) is 0. The van der Waals surface area contributed by atoms with Crippen molar-refractivity contribution in [3.63, 3.8) is 0 Å². The van der Waals surface area contributed by atoms with Crippen LogP contribution in [0.1, 0.15) is 24.0 Å². The first-order chi connectivity index (χ1) is 10.9. The van der Waals surface area contributed by atoms with Crippen LogP contribution in [0.4, 0.5) is 13.2 Å². The summed E-state index contributed by atoms with van der Waals surface area (Å²) < 4.78 is 49.9. The number of hydrogen-bond acceptors (Lipinski definition) is 2. The van der Waals surface area contributed by atoms with Gasteiger partial charge in [-0.3, -0.25) is 0 Å². The van der Waals surface area contributed by atoms with Gasteiger partial charge in [0.15, 0.2) is 0 Å². The fourth-order valence-corrected chi connectivity index (χ4v) is 2.62. The molecule has 1 saturated carbocycles. The zero-order chi connectivity index (χ0) is 16.5. The fourth-order valence-electron chi connectivity index (χ4n) is 2.62. The van der Waals surface area contributed by atoms with E-state index in [0.717, 1.165) is 11.3 Å². The van der Waals surface area contributed by atoms with Crippen LogP contribution in [-0.2, 0) is 12.0 Å². The second kappa shape index (κ2) is 5.80. The Hall–Kier alpha value is -2.17. The third-order valence-electron chi connectivity index (χ3n) is 4.26. The molecule has 0 spiro atoms. The molecule has 2 nitrogen and oxygen atoms in total. The van der Waals surface area contributed by atoms with Gasteiger partial charge in [-0.05, 0) is 48.2 Å². The molecular weight excluding hydrogens is 305 g/mol. The molecule has 1 fully saturated rings. The van der Waals surface area contributed by atoms with Gasteiger partial charge in [0.2, 0.25) is 0 Å². The van der Waals surface area contributed by atoms with Gasteiger partial charge in [0.1, 0.15) is 18.1 Å². The standard InChI is InChI=1S/C18H17F3O2/c1-22-15-6-2-13(3-7-15)12-23-16-8-4-14(5-9-16)17(10-11-17)18(19,20)21/h2-9H,10-12H2,1H3. The summed E-state index contributed by atoms with van der Waals surface area (Å²) >= 11 is 0. The average Bonchev–Trinajstić information content (AvgIpc) is 3.35. The van der Waals surface area contributed by atoms with Crippen LogP contribution < -0.4 is 9.47 Å². The molecular formula is C18H17F3O2. The van der Waals surface area contributed by atoms with E-state index in [1.807, 2.05) is 24.3 Å². The molecule has 0 unspecified atom stereocenters. The van der Waals surface area contributed by atoms with E-state index in [0.29, 0.717) is 17.9 Å². The molecule has 0 heterocycles. The Labute approximate surface area is 132 Å². The third kappa shape index (κ3) is 3.14. The smallest absolute Gasteiger partial charge is 0.398 e. The van der Waals surface area contributed by atoms with Crippen molar-refractivity contribution in [3.8, 4) is 11.5 Å². The van der Waals surface area contributed by atoms with Crippen molar-refractivity contribution in [2.45, 2.75) is 31.0 Å². The Morgan fingerprint density at radius 3 is 1.96 bits per heavy atom. The molecule has 2 aromatic rings. The molecule has 1 aliphatic carbocycles. The van der Waals surface area contributed by atoms with Crippen molar-refractivity contribution in [2.75, 3.05) is 7.11 Å². The first kappa shape index (κ1) is 15.7. The number of rotatable bonds is 5. The highest BCUT2D eigenvalue weighted by Crippen LogP contribution is 2.58. The van der Waals surface area contributed by atoms with Crippen molar-refractivity contribution < 1.29 is 22.6 Å². The molecule has 3 rings (SSSR count). The monoisotopic (exact) mass is 322 g/mol. The molecule has 5 heteroatoms. The second-order valence-electron chi connectivity index (χ2n) is 5.74. The maximum Gasteiger partial charge on any atom is 0.398 e. The van der Waals surface area contributed by atoms with Crippen LogP contribution in [0.3, 0.4) is 0 Å². The van der Waals surface area contributed by atoms with Crippen molar-refractivity contribution >= 4 is 0 Å². The highest BCUT2D eigenvalue weighted by molar-refractivity contribution is 5.38. The molecule has 23 heavy (non-hydrogen) atoms. The minimum absolute atomic E-state index is 0.169. The summed E-state index contributed by atoms with van der Waals surface area (Å²) in [5.41, 5.74) is -0.354. The normalized spacial score (nSPS) is 16.0. The van der Waals surface area contributed by atoms with Crippen LogP contribution in [0.15, 0.2) is 48.5 Å². The quantitative estimate of drug-likeness (QED) is 0.782. The molecule has 0 aliphatic heterocycles. The maximum absolute atomic E-state index is 13.1. The number of ether oxygens (including phenoxy) is 2. The Morgan fingerprint density at radius 1 is 0.913 bits per heavy atom. The van der Waals surface area contributed by atoms with Crippen molar-refractivity contribution in [1.82, 2.24) is 0 Å². The number of halogens is 3. The second-order valence-corrected chi connectivity index (χ2v) is 5.74. The van der Waals surface area contributed by atoms with Crippen molar-refractivity contribution in [1.29, 1.82) is 0 Å². The van der Waals surface area contributed by atoms with E-state index in [2.05, 4.69) is 0 Å². The number of methoxy groups -OCH3 is 1. The summed E-state index contributed by atoms with van der Waals surface area (Å²) in [4.78, 5) is 0. The molecule has 0 aromatic heterocycles. The molecule has 0 radical (unpaired) electrons. The summed E-state index contributed by atoms with van der Waals surface area (Å²) in [7, 11) is 1.60. The van der Waals surface area contributed by atoms with Gasteiger partial charge in [0, 0.05) is 0 Å². The number of alkyl halides is 3. The first-order valence-corrected chi connectivity index (χ1v) is 7.38. The lowest BCUT2D eigenvalue weighted by molar-refractivity contribution is -0.160. The predicted molar refractivity (Wildman–Crippen MR) is 80.7 cm³/mol. The van der Waals surface area contributed by atoms with Crippen LogP contribution >= 0.6 is 0 Å². The van der Waals surface area contributed by atoms with Crippen LogP contribution in [0, 0.1) is 0 Å². The highest BCUT2D eigenvalue weighted by atomic mass is 19.4. The van der Waals surface area contributed by atoms with Gasteiger partial charge in [-0.25, -0.2) is 0 Å². The predicted octanol–water partition coefficient (Wildman–Crippen LogP) is 4.87. The van der Waals surface area contributed by atoms with Gasteiger partial charge in [0.25, 0.3) is 0 Å². The first-order valence-electron chi connectivity index (χ1n) is 7.38. The lowest BCUT2D eigenvalue weighted by Crippen LogP contribution is -2.28. The maximum atomic E-state index is 13.1. The van der Waals surface area contributed by atoms with Crippen LogP contribution in [0.2, 0.25) is 0 Å². The number of hydrogen-bond donors (Lipinski definition) is 0. The molecule has 1 aliphatic rings. The van der Waals surface area contributed by atoms with Crippen molar-refractivity contribution in [3.05, 3.63) is 59.7 Å².